The average Bonchev–Trinajstić information content (AvgIpc) is 3.05. The molecule has 2 aromatic heterocycles. The molecule has 6 nitrogen and oxygen atoms in total. The van der Waals surface area contributed by atoms with Crippen LogP contribution in [0.15, 0.2) is 36.5 Å². The van der Waals surface area contributed by atoms with Crippen LogP contribution in [0.5, 0.6) is 5.75 Å². The maximum absolute atomic E-state index is 9.65. The third-order valence-electron chi connectivity index (χ3n) is 3.51. The number of aromatic amines is 1. The lowest BCUT2D eigenvalue weighted by Crippen LogP contribution is -2.16. The van der Waals surface area contributed by atoms with Crippen molar-refractivity contribution in [2.24, 2.45) is 0 Å². The zero-order valence-electron chi connectivity index (χ0n) is 12.3. The van der Waals surface area contributed by atoms with Crippen molar-refractivity contribution in [2.45, 2.75) is 19.4 Å². The molecule has 0 fully saturated rings. The average molecular weight is 298 g/mol. The Morgan fingerprint density at radius 3 is 2.91 bits per heavy atom. The third kappa shape index (κ3) is 2.87. The Balaban J connectivity index is 1.99. The maximum Gasteiger partial charge on any atom is 0.132 e. The molecule has 0 saturated heterocycles. The largest absolute Gasteiger partial charge is 0.490 e. The second-order valence-electron chi connectivity index (χ2n) is 5.12. The Bertz CT molecular complexity index is 771. The van der Waals surface area contributed by atoms with E-state index in [0.717, 1.165) is 22.2 Å². The fourth-order valence-corrected chi connectivity index (χ4v) is 2.22. The van der Waals surface area contributed by atoms with Gasteiger partial charge in [0.05, 0.1) is 17.3 Å². The smallest absolute Gasteiger partial charge is 0.132 e. The maximum atomic E-state index is 9.65. The van der Waals surface area contributed by atoms with Crippen LogP contribution in [0.3, 0.4) is 0 Å². The van der Waals surface area contributed by atoms with Crippen LogP contribution in [-0.4, -0.2) is 33.0 Å². The van der Waals surface area contributed by atoms with Crippen LogP contribution in [0.2, 0.25) is 0 Å². The molecule has 2 heterocycles. The lowest BCUT2D eigenvalue weighted by Gasteiger charge is -2.13. The molecular formula is C16H18N4O2. The molecule has 6 heteroatoms. The van der Waals surface area contributed by atoms with Crippen LogP contribution in [-0.2, 0) is 0 Å². The van der Waals surface area contributed by atoms with Crippen molar-refractivity contribution in [1.82, 2.24) is 15.2 Å². The normalized spacial score (nSPS) is 12.5. The molecule has 0 bridgehead atoms. The van der Waals surface area contributed by atoms with Crippen LogP contribution in [0.25, 0.3) is 22.2 Å². The van der Waals surface area contributed by atoms with Crippen molar-refractivity contribution >= 4 is 16.7 Å². The summed E-state index contributed by atoms with van der Waals surface area (Å²) in [7, 11) is 0. The number of nitrogen functional groups attached to an aromatic ring is 1. The minimum Gasteiger partial charge on any atom is -0.490 e. The van der Waals surface area contributed by atoms with Crippen LogP contribution in [0, 0.1) is 0 Å². The molecule has 0 unspecified atom stereocenters. The second-order valence-corrected chi connectivity index (χ2v) is 5.12. The summed E-state index contributed by atoms with van der Waals surface area (Å²) < 4.78 is 5.69. The Morgan fingerprint density at radius 1 is 1.32 bits per heavy atom. The molecule has 1 atom stereocenters. The van der Waals surface area contributed by atoms with Gasteiger partial charge in [-0.25, -0.2) is 4.98 Å². The van der Waals surface area contributed by atoms with E-state index in [2.05, 4.69) is 15.2 Å². The zero-order valence-corrected chi connectivity index (χ0v) is 12.3. The number of fused-ring (bicyclic) bond motifs is 1. The molecule has 0 saturated carbocycles. The number of benzene rings is 1. The van der Waals surface area contributed by atoms with Gasteiger partial charge in [0.1, 0.15) is 18.2 Å². The second kappa shape index (κ2) is 6.03. The first-order valence-corrected chi connectivity index (χ1v) is 7.18. The topological polar surface area (TPSA) is 97.1 Å². The van der Waals surface area contributed by atoms with Crippen LogP contribution in [0.4, 0.5) is 5.82 Å². The number of nitrogens with one attached hydrogen (secondary N) is 1. The number of ether oxygens (including phenoxy) is 1. The van der Waals surface area contributed by atoms with Gasteiger partial charge in [0.25, 0.3) is 0 Å². The number of aliphatic hydroxyl groups excluding tert-OH is 1. The van der Waals surface area contributed by atoms with Gasteiger partial charge in [-0.15, -0.1) is 0 Å². The van der Waals surface area contributed by atoms with Crippen molar-refractivity contribution in [1.29, 1.82) is 0 Å². The fourth-order valence-electron chi connectivity index (χ4n) is 2.22. The number of hydrogen-bond donors (Lipinski definition) is 3. The predicted octanol–water partition coefficient (Wildman–Crippen LogP) is 2.36. The Hall–Kier alpha value is -2.60. The molecule has 0 aliphatic heterocycles. The lowest BCUT2D eigenvalue weighted by molar-refractivity contribution is 0.105. The van der Waals surface area contributed by atoms with E-state index < -0.39 is 6.10 Å². The Kier molecular flexibility index (Phi) is 3.93. The van der Waals surface area contributed by atoms with E-state index in [0.29, 0.717) is 18.0 Å². The van der Waals surface area contributed by atoms with E-state index in [9.17, 15) is 5.11 Å². The van der Waals surface area contributed by atoms with Crippen molar-refractivity contribution in [2.75, 3.05) is 12.3 Å². The summed E-state index contributed by atoms with van der Waals surface area (Å²) in [6.45, 7) is 2.14. The number of pyridine rings is 1. The Labute approximate surface area is 127 Å². The molecule has 0 radical (unpaired) electrons. The number of aromatic nitrogens is 3. The molecule has 0 amide bonds. The number of nitrogens with two attached hydrogens (primary N) is 1. The number of H-pyrrole nitrogens is 1. The van der Waals surface area contributed by atoms with Crippen LogP contribution < -0.4 is 10.5 Å². The fraction of sp³-hybridized carbons (Fsp3) is 0.250. The van der Waals surface area contributed by atoms with E-state index >= 15 is 0 Å². The molecule has 1 aromatic carbocycles. The van der Waals surface area contributed by atoms with E-state index in [1.54, 1.807) is 12.3 Å². The van der Waals surface area contributed by atoms with E-state index in [-0.39, 0.29) is 6.61 Å². The van der Waals surface area contributed by atoms with Crippen molar-refractivity contribution < 1.29 is 9.84 Å². The molecular weight excluding hydrogens is 280 g/mol. The molecule has 0 aliphatic rings. The summed E-state index contributed by atoms with van der Waals surface area (Å²) in [4.78, 5) is 4.36. The highest BCUT2D eigenvalue weighted by Gasteiger charge is 2.10. The standard InChI is InChI=1S/C16H18N4O2/c1-2-11(21)9-22-15-8-16(17)19-14-7-10(3-4-12(14)15)13-5-6-18-20-13/h3-8,11,21H,2,9H2,1H3,(H2,17,19)(H,18,20)/t11-/m1/s1. The highest BCUT2D eigenvalue weighted by atomic mass is 16.5. The monoisotopic (exact) mass is 298 g/mol. The first-order chi connectivity index (χ1) is 10.7. The van der Waals surface area contributed by atoms with Crippen LogP contribution >= 0.6 is 0 Å². The quantitative estimate of drug-likeness (QED) is 0.672. The van der Waals surface area contributed by atoms with Crippen molar-refractivity contribution in [3.63, 3.8) is 0 Å². The number of rotatable bonds is 5. The van der Waals surface area contributed by atoms with E-state index in [1.165, 1.54) is 0 Å². The minimum atomic E-state index is -0.492. The van der Waals surface area contributed by atoms with Gasteiger partial charge in [-0.05, 0) is 24.6 Å². The molecule has 114 valence electrons. The van der Waals surface area contributed by atoms with E-state index in [4.69, 9.17) is 10.5 Å². The molecule has 0 spiro atoms. The zero-order chi connectivity index (χ0) is 15.5. The summed E-state index contributed by atoms with van der Waals surface area (Å²) in [5, 5.41) is 17.4. The van der Waals surface area contributed by atoms with Crippen molar-refractivity contribution in [3.8, 4) is 17.0 Å². The van der Waals surface area contributed by atoms with Crippen molar-refractivity contribution in [3.05, 3.63) is 36.5 Å². The van der Waals surface area contributed by atoms with Gasteiger partial charge in [-0.2, -0.15) is 5.10 Å². The highest BCUT2D eigenvalue weighted by molar-refractivity contribution is 5.89. The van der Waals surface area contributed by atoms with Gasteiger partial charge >= 0.3 is 0 Å². The minimum absolute atomic E-state index is 0.233. The van der Waals surface area contributed by atoms with Crippen LogP contribution in [0.1, 0.15) is 13.3 Å². The van der Waals surface area contributed by atoms with Gasteiger partial charge in [-0.1, -0.05) is 13.0 Å². The number of anilines is 1. The number of hydrogen-bond acceptors (Lipinski definition) is 5. The number of aliphatic hydroxyl groups is 1. The molecule has 22 heavy (non-hydrogen) atoms. The van der Waals surface area contributed by atoms with Gasteiger partial charge in [0.2, 0.25) is 0 Å². The molecule has 3 rings (SSSR count). The van der Waals surface area contributed by atoms with Gasteiger partial charge in [0.15, 0.2) is 0 Å². The Morgan fingerprint density at radius 2 is 2.18 bits per heavy atom. The lowest BCUT2D eigenvalue weighted by atomic mass is 10.1. The molecule has 3 aromatic rings. The van der Waals surface area contributed by atoms with Gasteiger partial charge in [-0.3, -0.25) is 5.10 Å². The third-order valence-corrected chi connectivity index (χ3v) is 3.51. The predicted molar refractivity (Wildman–Crippen MR) is 85.5 cm³/mol. The summed E-state index contributed by atoms with van der Waals surface area (Å²) in [5.74, 6) is 1.02. The highest BCUT2D eigenvalue weighted by Crippen LogP contribution is 2.30. The van der Waals surface area contributed by atoms with E-state index in [1.807, 2.05) is 31.2 Å². The molecule has 4 N–H and O–H groups in total. The first-order valence-electron chi connectivity index (χ1n) is 7.18. The first kappa shape index (κ1) is 14.3. The van der Waals surface area contributed by atoms with Gasteiger partial charge < -0.3 is 15.6 Å². The summed E-state index contributed by atoms with van der Waals surface area (Å²) >= 11 is 0. The molecule has 0 aliphatic carbocycles. The SMILES string of the molecule is CC[C@@H](O)COc1cc(N)nc2cc(-c3ccn[nH]3)ccc12. The summed E-state index contributed by atoms with van der Waals surface area (Å²) in [5.41, 5.74) is 8.49. The summed E-state index contributed by atoms with van der Waals surface area (Å²) in [6, 6.07) is 9.41. The summed E-state index contributed by atoms with van der Waals surface area (Å²) in [6.07, 6.45) is 1.85. The van der Waals surface area contributed by atoms with Gasteiger partial charge in [0, 0.05) is 23.2 Å². The number of nitrogens with zero attached hydrogens (tertiary/aromatic N) is 2.